The summed E-state index contributed by atoms with van der Waals surface area (Å²) in [7, 11) is 0. The molecule has 2 aliphatic heterocycles. The maximum absolute atomic E-state index is 5.42. The molecule has 2 fully saturated rings. The summed E-state index contributed by atoms with van der Waals surface area (Å²) in [5.41, 5.74) is 1.83. The summed E-state index contributed by atoms with van der Waals surface area (Å²) in [6, 6.07) is 0. The molecule has 0 spiro atoms. The Morgan fingerprint density at radius 3 is 2.57 bits per heavy atom. The van der Waals surface area contributed by atoms with Gasteiger partial charge in [-0.2, -0.15) is 4.98 Å². The van der Waals surface area contributed by atoms with Crippen molar-refractivity contribution in [2.75, 3.05) is 31.1 Å². The van der Waals surface area contributed by atoms with Gasteiger partial charge in [-0.3, -0.25) is 4.90 Å². The van der Waals surface area contributed by atoms with Gasteiger partial charge < -0.3 is 14.0 Å². The number of anilines is 1. The minimum absolute atomic E-state index is 0.296. The van der Waals surface area contributed by atoms with Gasteiger partial charge in [0.15, 0.2) is 22.8 Å². The molecule has 0 bridgehead atoms. The summed E-state index contributed by atoms with van der Waals surface area (Å²) >= 11 is 0. The van der Waals surface area contributed by atoms with Gasteiger partial charge in [-0.15, -0.1) is 0 Å². The monoisotopic (exact) mass is 382 g/mol. The molecule has 9 nitrogen and oxygen atoms in total. The molecule has 3 aromatic heterocycles. The van der Waals surface area contributed by atoms with E-state index in [-0.39, 0.29) is 0 Å². The van der Waals surface area contributed by atoms with Gasteiger partial charge in [0.1, 0.15) is 6.33 Å². The number of aromatic nitrogens is 6. The third-order valence-electron chi connectivity index (χ3n) is 5.94. The first-order valence-corrected chi connectivity index (χ1v) is 10.1. The fourth-order valence-corrected chi connectivity index (χ4v) is 4.48. The lowest BCUT2D eigenvalue weighted by Crippen LogP contribution is -2.29. The molecule has 5 rings (SSSR count). The second-order valence-corrected chi connectivity index (χ2v) is 8.22. The molecular formula is C19H26N8O. The van der Waals surface area contributed by atoms with E-state index in [4.69, 9.17) is 4.52 Å². The predicted octanol–water partition coefficient (Wildman–Crippen LogP) is 1.92. The van der Waals surface area contributed by atoms with Crippen LogP contribution in [0.4, 0.5) is 5.82 Å². The molecule has 2 saturated heterocycles. The third-order valence-corrected chi connectivity index (χ3v) is 5.94. The Morgan fingerprint density at radius 1 is 1.11 bits per heavy atom. The molecule has 0 radical (unpaired) electrons. The highest BCUT2D eigenvalue weighted by molar-refractivity contribution is 5.83. The van der Waals surface area contributed by atoms with Crippen LogP contribution < -0.4 is 4.90 Å². The molecule has 0 saturated carbocycles. The first-order valence-electron chi connectivity index (χ1n) is 10.1. The Balaban J connectivity index is 1.26. The number of aryl methyl sites for hydroxylation is 1. The van der Waals surface area contributed by atoms with E-state index in [1.54, 1.807) is 6.33 Å². The number of rotatable bonds is 5. The van der Waals surface area contributed by atoms with Gasteiger partial charge in [-0.1, -0.05) is 19.0 Å². The first-order chi connectivity index (χ1) is 13.6. The maximum atomic E-state index is 5.42. The van der Waals surface area contributed by atoms with Crippen LogP contribution in [0.25, 0.3) is 11.2 Å². The number of hydrogen-bond donors (Lipinski definition) is 0. The molecule has 0 aliphatic carbocycles. The maximum Gasteiger partial charge on any atom is 0.240 e. The Hall–Kier alpha value is -2.55. The summed E-state index contributed by atoms with van der Waals surface area (Å²) < 4.78 is 7.49. The van der Waals surface area contributed by atoms with Crippen molar-refractivity contribution in [1.82, 2.24) is 34.6 Å². The van der Waals surface area contributed by atoms with E-state index in [9.17, 15) is 0 Å². The van der Waals surface area contributed by atoms with Gasteiger partial charge in [0, 0.05) is 38.6 Å². The summed E-state index contributed by atoms with van der Waals surface area (Å²) in [6.07, 6.45) is 3.52. The van der Waals surface area contributed by atoms with Crippen molar-refractivity contribution in [2.24, 2.45) is 11.8 Å². The van der Waals surface area contributed by atoms with Crippen LogP contribution in [-0.2, 0) is 13.1 Å². The van der Waals surface area contributed by atoms with Gasteiger partial charge in [-0.25, -0.2) is 15.0 Å². The molecule has 2 atom stereocenters. The van der Waals surface area contributed by atoms with Crippen LogP contribution in [-0.4, -0.2) is 60.7 Å². The lowest BCUT2D eigenvalue weighted by molar-refractivity contribution is 0.254. The fourth-order valence-electron chi connectivity index (χ4n) is 4.48. The van der Waals surface area contributed by atoms with Crippen LogP contribution in [0, 0.1) is 11.8 Å². The average Bonchev–Trinajstić information content (AvgIpc) is 3.43. The molecule has 2 unspecified atom stereocenters. The Labute approximate surface area is 163 Å². The van der Waals surface area contributed by atoms with Crippen LogP contribution in [0.2, 0.25) is 0 Å². The predicted molar refractivity (Wildman–Crippen MR) is 104 cm³/mol. The smallest absolute Gasteiger partial charge is 0.240 e. The Bertz CT molecular complexity index is 965. The lowest BCUT2D eigenvalue weighted by atomic mass is 10.0. The summed E-state index contributed by atoms with van der Waals surface area (Å²) in [5, 5.41) is 4.08. The van der Waals surface area contributed by atoms with Gasteiger partial charge in [0.2, 0.25) is 5.89 Å². The molecular weight excluding hydrogens is 356 g/mol. The van der Waals surface area contributed by atoms with Crippen LogP contribution in [0.5, 0.6) is 0 Å². The fraction of sp³-hybridized carbons (Fsp3) is 0.632. The van der Waals surface area contributed by atoms with E-state index in [0.29, 0.717) is 17.8 Å². The normalized spacial score (nSPS) is 22.6. The zero-order chi connectivity index (χ0) is 19.3. The van der Waals surface area contributed by atoms with E-state index in [0.717, 1.165) is 68.0 Å². The number of fused-ring (bicyclic) bond motifs is 2. The topological polar surface area (TPSA) is 89.0 Å². The zero-order valence-electron chi connectivity index (χ0n) is 16.6. The molecule has 0 amide bonds. The minimum atomic E-state index is 0.296. The van der Waals surface area contributed by atoms with Crippen molar-refractivity contribution in [1.29, 1.82) is 0 Å². The molecule has 5 heterocycles. The van der Waals surface area contributed by atoms with E-state index in [1.807, 2.05) is 6.33 Å². The van der Waals surface area contributed by atoms with Crippen LogP contribution in [0.3, 0.4) is 0 Å². The van der Waals surface area contributed by atoms with Gasteiger partial charge in [-0.05, 0) is 18.8 Å². The highest BCUT2D eigenvalue weighted by Gasteiger charge is 2.41. The van der Waals surface area contributed by atoms with Crippen LogP contribution >= 0.6 is 0 Å². The second-order valence-electron chi connectivity index (χ2n) is 8.22. The number of imidazole rings is 1. The molecule has 0 N–H and O–H groups in total. The van der Waals surface area contributed by atoms with Crippen molar-refractivity contribution in [3.05, 3.63) is 24.4 Å². The van der Waals surface area contributed by atoms with E-state index in [2.05, 4.69) is 60.2 Å². The van der Waals surface area contributed by atoms with Gasteiger partial charge >= 0.3 is 0 Å². The third kappa shape index (κ3) is 2.94. The van der Waals surface area contributed by atoms with Crippen molar-refractivity contribution in [3.8, 4) is 0 Å². The summed E-state index contributed by atoms with van der Waals surface area (Å²) in [6.45, 7) is 12.0. The van der Waals surface area contributed by atoms with Crippen molar-refractivity contribution >= 4 is 17.0 Å². The van der Waals surface area contributed by atoms with Crippen LogP contribution in [0.1, 0.15) is 38.4 Å². The zero-order valence-corrected chi connectivity index (χ0v) is 16.6. The summed E-state index contributed by atoms with van der Waals surface area (Å²) in [4.78, 5) is 22.9. The minimum Gasteiger partial charge on any atom is -0.354 e. The van der Waals surface area contributed by atoms with Gasteiger partial charge in [0.05, 0.1) is 12.9 Å². The number of hydrogen-bond acceptors (Lipinski definition) is 8. The van der Waals surface area contributed by atoms with Crippen molar-refractivity contribution < 1.29 is 4.52 Å². The Kier molecular flexibility index (Phi) is 4.26. The molecule has 28 heavy (non-hydrogen) atoms. The second kappa shape index (κ2) is 6.80. The van der Waals surface area contributed by atoms with E-state index in [1.165, 1.54) is 0 Å². The Morgan fingerprint density at radius 2 is 1.89 bits per heavy atom. The quantitative estimate of drug-likeness (QED) is 0.661. The molecule has 148 valence electrons. The molecule has 3 aromatic rings. The lowest BCUT2D eigenvalue weighted by Gasteiger charge is -2.21. The van der Waals surface area contributed by atoms with Gasteiger partial charge in [0.25, 0.3) is 0 Å². The van der Waals surface area contributed by atoms with Crippen LogP contribution in [0.15, 0.2) is 17.2 Å². The average molecular weight is 382 g/mol. The number of nitrogens with zero attached hydrogens (tertiary/aromatic N) is 8. The highest BCUT2D eigenvalue weighted by atomic mass is 16.5. The standard InChI is InChI=1S/C19H26N8O/c1-4-26-11-22-16-18(26)20-10-21-19(16)27-7-13-5-25(6-14(13)8-27)9-15-23-17(12(2)3)24-28-15/h10-14H,4-9H2,1-3H3. The summed E-state index contributed by atoms with van der Waals surface area (Å²) in [5.74, 6) is 4.04. The molecule has 0 aromatic carbocycles. The largest absolute Gasteiger partial charge is 0.354 e. The first kappa shape index (κ1) is 17.5. The number of likely N-dealkylation sites (tertiary alicyclic amines) is 1. The van der Waals surface area contributed by atoms with Crippen molar-refractivity contribution in [2.45, 2.75) is 39.8 Å². The SMILES string of the molecule is CCn1cnc2c(N3CC4CN(Cc5nc(C(C)C)no5)CC4C3)ncnc21. The van der Waals surface area contributed by atoms with E-state index >= 15 is 0 Å². The van der Waals surface area contributed by atoms with E-state index < -0.39 is 0 Å². The highest BCUT2D eigenvalue weighted by Crippen LogP contribution is 2.35. The molecule has 9 heteroatoms. The van der Waals surface area contributed by atoms with Crippen molar-refractivity contribution in [3.63, 3.8) is 0 Å². The molecule has 2 aliphatic rings.